The zero-order chi connectivity index (χ0) is 9.31. The van der Waals surface area contributed by atoms with Crippen LogP contribution in [-0.4, -0.2) is 30.3 Å². The van der Waals surface area contributed by atoms with Gasteiger partial charge in [0.05, 0.1) is 5.60 Å². The van der Waals surface area contributed by atoms with E-state index in [-0.39, 0.29) is 5.60 Å². The van der Waals surface area contributed by atoms with E-state index in [1.165, 1.54) is 25.2 Å². The molecular formula is C10H19LrN2O-. The normalized spacial score (nSPS) is 35.6. The van der Waals surface area contributed by atoms with Crippen LogP contribution in [0.5, 0.6) is 0 Å². The van der Waals surface area contributed by atoms with E-state index in [1.807, 2.05) is 5.01 Å². The molecule has 1 radical (unpaired) electrons. The average molecular weight is 445 g/mol. The quantitative estimate of drug-likeness (QED) is 0.449. The number of rotatable bonds is 0. The van der Waals surface area contributed by atoms with Crippen molar-refractivity contribution < 1.29 is 4.74 Å². The molecule has 2 rings (SSSR count). The fourth-order valence-corrected chi connectivity index (χ4v) is 2.61. The van der Waals surface area contributed by atoms with Gasteiger partial charge in [-0.3, -0.25) is 16.8 Å². The minimum absolute atomic E-state index is 0. The first-order valence-corrected chi connectivity index (χ1v) is 5.15. The van der Waals surface area contributed by atoms with Crippen LogP contribution >= 0.6 is 0 Å². The van der Waals surface area contributed by atoms with Gasteiger partial charge < -0.3 is 4.74 Å². The van der Waals surface area contributed by atoms with Crippen molar-refractivity contribution in [2.45, 2.75) is 38.2 Å². The van der Waals surface area contributed by atoms with Gasteiger partial charge in [-0.05, 0) is 19.3 Å². The molecule has 2 aliphatic rings. The molecule has 1 spiro atoms. The molecule has 0 aromatic carbocycles. The first-order chi connectivity index (χ1) is 6.20. The molecule has 0 amide bonds. The Morgan fingerprint density at radius 1 is 1.43 bits per heavy atom. The van der Waals surface area contributed by atoms with Gasteiger partial charge in [-0.1, -0.05) is 0 Å². The van der Waals surface area contributed by atoms with E-state index in [2.05, 4.69) is 6.92 Å². The summed E-state index contributed by atoms with van der Waals surface area (Å²) in [6.45, 7) is 4.94. The molecule has 2 fully saturated rings. The molecule has 0 aliphatic carbocycles. The van der Waals surface area contributed by atoms with Crippen LogP contribution in [0.25, 0.3) is 0 Å². The largest absolute Gasteiger partial charge is 0.376 e. The van der Waals surface area contributed by atoms with E-state index in [4.69, 9.17) is 10.6 Å². The molecule has 0 aromatic heterocycles. The van der Waals surface area contributed by atoms with E-state index >= 15 is 0 Å². The average Bonchev–Trinajstić information content (AvgIpc) is 2.02. The third kappa shape index (κ3) is 2.03. The summed E-state index contributed by atoms with van der Waals surface area (Å²) in [5.41, 5.74) is 0.0648. The number of nitrogens with two attached hydrogens (primary N) is 1. The topological polar surface area (TPSA) is 38.5 Å². The van der Waals surface area contributed by atoms with Gasteiger partial charge in [0.15, 0.2) is 0 Å². The fourth-order valence-electron chi connectivity index (χ4n) is 2.61. The molecule has 91 valence electrons. The van der Waals surface area contributed by atoms with Gasteiger partial charge in [0.25, 0.3) is 0 Å². The van der Waals surface area contributed by atoms with Crippen molar-refractivity contribution in [1.82, 2.24) is 5.01 Å². The summed E-state index contributed by atoms with van der Waals surface area (Å²) < 4.78 is 5.90. The Balaban J connectivity index is 0.000000980. The summed E-state index contributed by atoms with van der Waals surface area (Å²) >= 11 is 0. The van der Waals surface area contributed by atoms with Crippen LogP contribution < -0.4 is 5.84 Å². The van der Waals surface area contributed by atoms with E-state index in [0.29, 0.717) is 0 Å². The van der Waals surface area contributed by atoms with Gasteiger partial charge in [0.2, 0.25) is 0 Å². The van der Waals surface area contributed by atoms with Crippen LogP contribution in [0.3, 0.4) is 0 Å². The molecule has 2 aliphatic heterocycles. The summed E-state index contributed by atoms with van der Waals surface area (Å²) in [7, 11) is 0. The van der Waals surface area contributed by atoms with Crippen molar-refractivity contribution in [3.8, 4) is 0 Å². The van der Waals surface area contributed by atoms with Gasteiger partial charge in [0, 0.05) is 13.2 Å². The molecule has 1 atom stereocenters. The fraction of sp³-hybridized carbons (Fsp3) is 0.900. The second-order valence-electron chi connectivity index (χ2n) is 4.53. The second kappa shape index (κ2) is 3.95. The van der Waals surface area contributed by atoms with Crippen LogP contribution in [0.15, 0.2) is 0 Å². The molecule has 3 nitrogen and oxygen atoms in total. The SMILES string of the molecule is C[C-]1CN(N)CC2(CCCCO2)C1.[Lr]. The third-order valence-corrected chi connectivity index (χ3v) is 3.02. The maximum absolute atomic E-state index is 5.90. The van der Waals surface area contributed by atoms with E-state index in [0.717, 1.165) is 26.1 Å². The molecule has 14 heavy (non-hydrogen) atoms. The van der Waals surface area contributed by atoms with Crippen molar-refractivity contribution in [2.75, 3.05) is 19.7 Å². The van der Waals surface area contributed by atoms with Crippen molar-refractivity contribution in [1.29, 1.82) is 0 Å². The van der Waals surface area contributed by atoms with Crippen LogP contribution in [0, 0.1) is 5.92 Å². The Hall–Kier alpha value is -1.12. The number of hydrazine groups is 1. The molecule has 2 N–H and O–H groups in total. The summed E-state index contributed by atoms with van der Waals surface area (Å²) in [6.07, 6.45) is 4.80. The van der Waals surface area contributed by atoms with Gasteiger partial charge in [-0.2, -0.15) is 6.92 Å². The predicted octanol–water partition coefficient (Wildman–Crippen LogP) is 1.10. The van der Waals surface area contributed by atoms with E-state index in [9.17, 15) is 0 Å². The maximum Gasteiger partial charge on any atom is 0.0557 e. The molecule has 0 aromatic rings. The van der Waals surface area contributed by atoms with Gasteiger partial charge >= 0.3 is 0 Å². The van der Waals surface area contributed by atoms with Crippen LogP contribution in [0.1, 0.15) is 32.6 Å². The van der Waals surface area contributed by atoms with Crippen LogP contribution in [-0.2, 0) is 4.74 Å². The Morgan fingerprint density at radius 2 is 2.21 bits per heavy atom. The van der Waals surface area contributed by atoms with Crippen LogP contribution in [0.4, 0.5) is 0 Å². The van der Waals surface area contributed by atoms with Crippen molar-refractivity contribution in [2.24, 2.45) is 5.84 Å². The molecular weight excluding hydrogens is 426 g/mol. The number of piperidine rings is 1. The Morgan fingerprint density at radius 3 is 2.79 bits per heavy atom. The Labute approximate surface area is 80.2 Å². The van der Waals surface area contributed by atoms with Crippen molar-refractivity contribution >= 4 is 0 Å². The first-order valence-electron chi connectivity index (χ1n) is 5.15. The standard InChI is InChI=1S/C10H19N2O.Lr/c1-9-6-10(8-12(11)7-9)4-2-3-5-13-10;/h2-8,11H2,1H3;/q-1;. The monoisotopic (exact) mass is 445 g/mol. The molecule has 4 heteroatoms. The zero-order valence-corrected chi connectivity index (χ0v) is 10.8. The van der Waals surface area contributed by atoms with Crippen LogP contribution in [0.2, 0.25) is 0 Å². The molecule has 0 bridgehead atoms. The number of hydrogen-bond acceptors (Lipinski definition) is 3. The van der Waals surface area contributed by atoms with Crippen molar-refractivity contribution in [3.63, 3.8) is 0 Å². The minimum atomic E-state index is 0. The van der Waals surface area contributed by atoms with Gasteiger partial charge in [0.1, 0.15) is 0 Å². The Bertz CT molecular complexity index is 171. The minimum Gasteiger partial charge on any atom is -0.376 e. The molecule has 1 unspecified atom stereocenters. The summed E-state index contributed by atoms with van der Waals surface area (Å²) in [6, 6.07) is 0. The summed E-state index contributed by atoms with van der Waals surface area (Å²) in [4.78, 5) is 0. The van der Waals surface area contributed by atoms with E-state index in [1.54, 1.807) is 0 Å². The molecule has 2 heterocycles. The van der Waals surface area contributed by atoms with E-state index < -0.39 is 0 Å². The van der Waals surface area contributed by atoms with Gasteiger partial charge in [-0.25, -0.2) is 0 Å². The van der Waals surface area contributed by atoms with Crippen molar-refractivity contribution in [3.05, 3.63) is 5.92 Å². The Kier molecular flexibility index (Phi) is 3.09. The second-order valence-corrected chi connectivity index (χ2v) is 4.53. The summed E-state index contributed by atoms with van der Waals surface area (Å²) in [5, 5.41) is 1.89. The molecule has 2 saturated heterocycles. The third-order valence-electron chi connectivity index (χ3n) is 3.02. The maximum atomic E-state index is 5.90. The zero-order valence-electron chi connectivity index (χ0n) is 8.64. The molecule has 0 saturated carbocycles. The van der Waals surface area contributed by atoms with Gasteiger partial charge in [-0.15, -0.1) is 13.0 Å². The predicted molar refractivity (Wildman–Crippen MR) is 51.8 cm³/mol. The summed E-state index contributed by atoms with van der Waals surface area (Å²) in [5.74, 6) is 7.32. The first kappa shape index (κ1) is 11.0. The number of nitrogens with zero attached hydrogens (tertiary/aromatic N) is 1. The number of hydrogen-bond donors (Lipinski definition) is 1. The smallest absolute Gasteiger partial charge is 0.0557 e. The number of ether oxygens (including phenoxy) is 1.